The Morgan fingerprint density at radius 1 is 0.933 bits per heavy atom. The predicted octanol–water partition coefficient (Wildman–Crippen LogP) is 1.56. The van der Waals surface area contributed by atoms with E-state index in [0.29, 0.717) is 13.2 Å². The van der Waals surface area contributed by atoms with Crippen LogP contribution in [0.25, 0.3) is 0 Å². The first kappa shape index (κ1) is 14.4. The molecular formula is C10H18O3Si2. The molecule has 0 fully saturated rings. The Kier molecular flexibility index (Phi) is 5.88. The van der Waals surface area contributed by atoms with E-state index in [2.05, 4.69) is 11.1 Å². The van der Waals surface area contributed by atoms with Crippen LogP contribution in [0.1, 0.15) is 13.8 Å². The van der Waals surface area contributed by atoms with Crippen molar-refractivity contribution in [1.29, 1.82) is 0 Å². The summed E-state index contributed by atoms with van der Waals surface area (Å²) in [5.41, 5.74) is 5.16. The van der Waals surface area contributed by atoms with E-state index in [-0.39, 0.29) is 0 Å². The summed E-state index contributed by atoms with van der Waals surface area (Å²) in [4.78, 5) is 0. The molecule has 3 nitrogen and oxygen atoms in total. The average molecular weight is 242 g/mol. The fraction of sp³-hybridized carbons (Fsp3) is 0.600. The van der Waals surface area contributed by atoms with E-state index in [1.54, 1.807) is 13.1 Å². The van der Waals surface area contributed by atoms with Gasteiger partial charge in [-0.15, -0.1) is 12.8 Å². The number of rotatable bonds is 6. The van der Waals surface area contributed by atoms with Crippen molar-refractivity contribution in [2.75, 3.05) is 13.2 Å². The molecule has 0 amide bonds. The largest absolute Gasteiger partial charge is 0.412 e. The maximum Gasteiger partial charge on any atom is 0.412 e. The Bertz CT molecular complexity index is 253. The molecule has 15 heavy (non-hydrogen) atoms. The van der Waals surface area contributed by atoms with Crippen LogP contribution in [-0.4, -0.2) is 30.3 Å². The fourth-order valence-electron chi connectivity index (χ4n) is 1.12. The van der Waals surface area contributed by atoms with Crippen LogP contribution in [-0.2, 0) is 13.0 Å². The number of hydrogen-bond acceptors (Lipinski definition) is 3. The summed E-state index contributed by atoms with van der Waals surface area (Å²) in [6, 6.07) is 0. The van der Waals surface area contributed by atoms with Gasteiger partial charge in [0.05, 0.1) is 0 Å². The van der Waals surface area contributed by atoms with Crippen LogP contribution in [0.4, 0.5) is 0 Å². The summed E-state index contributed by atoms with van der Waals surface area (Å²) >= 11 is 0. The van der Waals surface area contributed by atoms with Gasteiger partial charge in [0.2, 0.25) is 0 Å². The van der Waals surface area contributed by atoms with Crippen molar-refractivity contribution >= 4 is 17.1 Å². The smallest absolute Gasteiger partial charge is 0.396 e. The third-order valence-corrected chi connectivity index (χ3v) is 7.60. The minimum atomic E-state index is -2.60. The molecule has 5 heteroatoms. The van der Waals surface area contributed by atoms with Crippen molar-refractivity contribution in [2.45, 2.75) is 26.9 Å². The zero-order valence-electron chi connectivity index (χ0n) is 9.79. The van der Waals surface area contributed by atoms with Crippen molar-refractivity contribution in [1.82, 2.24) is 0 Å². The van der Waals surface area contributed by atoms with Crippen LogP contribution >= 0.6 is 0 Å². The highest BCUT2D eigenvalue weighted by molar-refractivity contribution is 6.87. The molecule has 0 aromatic rings. The molecule has 0 rings (SSSR count). The first-order valence-electron chi connectivity index (χ1n) is 4.89. The SMILES string of the molecule is C#C[Si](C)(OCC)O[Si](C)(C#C)OCC. The molecule has 0 aromatic carbocycles. The molecule has 0 N–H and O–H groups in total. The third-order valence-electron chi connectivity index (χ3n) is 1.75. The lowest BCUT2D eigenvalue weighted by atomic mass is 10.9. The molecule has 0 radical (unpaired) electrons. The summed E-state index contributed by atoms with van der Waals surface area (Å²) in [5, 5.41) is 0. The van der Waals surface area contributed by atoms with Crippen molar-refractivity contribution < 1.29 is 13.0 Å². The van der Waals surface area contributed by atoms with E-state index >= 15 is 0 Å². The molecule has 0 bridgehead atoms. The van der Waals surface area contributed by atoms with E-state index in [1.807, 2.05) is 13.8 Å². The van der Waals surface area contributed by atoms with Gasteiger partial charge >= 0.3 is 17.1 Å². The molecule has 84 valence electrons. The van der Waals surface area contributed by atoms with Gasteiger partial charge < -0.3 is 13.0 Å². The standard InChI is InChI=1S/C10H18O3Si2/c1-7-11-14(5,9-3)13-15(6,10-4)12-8-2/h3-4H,7-8H2,1-2,5-6H3. The quantitative estimate of drug-likeness (QED) is 0.523. The second-order valence-electron chi connectivity index (χ2n) is 3.15. The molecule has 2 atom stereocenters. The zero-order chi connectivity index (χ0) is 11.9. The van der Waals surface area contributed by atoms with E-state index < -0.39 is 17.1 Å². The fourth-order valence-corrected chi connectivity index (χ4v) is 6.31. The first-order chi connectivity index (χ1) is 6.95. The van der Waals surface area contributed by atoms with Gasteiger partial charge in [0.25, 0.3) is 0 Å². The third kappa shape index (κ3) is 4.65. The van der Waals surface area contributed by atoms with Gasteiger partial charge in [0, 0.05) is 13.2 Å². The molecule has 0 spiro atoms. The zero-order valence-corrected chi connectivity index (χ0v) is 11.8. The maximum absolute atomic E-state index is 5.77. The summed E-state index contributed by atoms with van der Waals surface area (Å²) in [7, 11) is -5.19. The molecule has 0 saturated heterocycles. The Balaban J connectivity index is 4.66. The molecule has 0 heterocycles. The van der Waals surface area contributed by atoms with Crippen molar-refractivity contribution in [2.24, 2.45) is 0 Å². The number of hydrogen-bond donors (Lipinski definition) is 0. The molecular weight excluding hydrogens is 224 g/mol. The highest BCUT2D eigenvalue weighted by Crippen LogP contribution is 2.15. The van der Waals surface area contributed by atoms with Gasteiger partial charge in [-0.1, -0.05) is 11.1 Å². The van der Waals surface area contributed by atoms with Gasteiger partial charge in [0.15, 0.2) is 0 Å². The lowest BCUT2D eigenvalue weighted by Gasteiger charge is -2.29. The van der Waals surface area contributed by atoms with Crippen molar-refractivity contribution in [3.05, 3.63) is 0 Å². The topological polar surface area (TPSA) is 27.7 Å². The molecule has 0 saturated carbocycles. The van der Waals surface area contributed by atoms with Gasteiger partial charge in [0.1, 0.15) is 0 Å². The minimum Gasteiger partial charge on any atom is -0.396 e. The molecule has 0 aromatic heterocycles. The lowest BCUT2D eigenvalue weighted by Crippen LogP contribution is -2.51. The summed E-state index contributed by atoms with van der Waals surface area (Å²) in [6.07, 6.45) is 10.8. The van der Waals surface area contributed by atoms with Gasteiger partial charge in [-0.05, 0) is 26.9 Å². The molecule has 0 aliphatic rings. The van der Waals surface area contributed by atoms with Gasteiger partial charge in [-0.25, -0.2) is 0 Å². The summed E-state index contributed by atoms with van der Waals surface area (Å²) in [5.74, 6) is 0. The van der Waals surface area contributed by atoms with E-state index in [0.717, 1.165) is 0 Å². The molecule has 2 unspecified atom stereocenters. The Labute approximate surface area is 94.6 Å². The summed E-state index contributed by atoms with van der Waals surface area (Å²) < 4.78 is 16.7. The van der Waals surface area contributed by atoms with Crippen LogP contribution in [0, 0.1) is 23.9 Å². The highest BCUT2D eigenvalue weighted by Gasteiger charge is 2.41. The van der Waals surface area contributed by atoms with Gasteiger partial charge in [-0.3, -0.25) is 0 Å². The van der Waals surface area contributed by atoms with Crippen LogP contribution in [0.5, 0.6) is 0 Å². The van der Waals surface area contributed by atoms with Crippen LogP contribution in [0.15, 0.2) is 0 Å². The van der Waals surface area contributed by atoms with Crippen LogP contribution in [0.3, 0.4) is 0 Å². The van der Waals surface area contributed by atoms with E-state index in [4.69, 9.17) is 25.8 Å². The Morgan fingerprint density at radius 3 is 1.47 bits per heavy atom. The van der Waals surface area contributed by atoms with Gasteiger partial charge in [-0.2, -0.15) is 0 Å². The average Bonchev–Trinajstić information content (AvgIpc) is 2.18. The predicted molar refractivity (Wildman–Crippen MR) is 65.2 cm³/mol. The van der Waals surface area contributed by atoms with Crippen LogP contribution < -0.4 is 0 Å². The lowest BCUT2D eigenvalue weighted by molar-refractivity contribution is 0.218. The Morgan fingerprint density at radius 2 is 1.27 bits per heavy atom. The Hall–Kier alpha value is -0.566. The highest BCUT2D eigenvalue weighted by atomic mass is 28.5. The minimum absolute atomic E-state index is 0.522. The molecule has 0 aliphatic heterocycles. The van der Waals surface area contributed by atoms with Crippen molar-refractivity contribution in [3.8, 4) is 23.9 Å². The normalized spacial score (nSPS) is 18.3. The van der Waals surface area contributed by atoms with E-state index in [1.165, 1.54) is 0 Å². The van der Waals surface area contributed by atoms with Crippen LogP contribution in [0.2, 0.25) is 13.1 Å². The second-order valence-corrected chi connectivity index (χ2v) is 8.90. The summed E-state index contributed by atoms with van der Waals surface area (Å²) in [6.45, 7) is 8.40. The maximum atomic E-state index is 5.77. The second kappa shape index (κ2) is 6.11. The van der Waals surface area contributed by atoms with Crippen molar-refractivity contribution in [3.63, 3.8) is 0 Å². The van der Waals surface area contributed by atoms with E-state index in [9.17, 15) is 0 Å². The first-order valence-corrected chi connectivity index (χ1v) is 9.52. The number of terminal acetylenes is 2. The molecule has 0 aliphatic carbocycles. The monoisotopic (exact) mass is 242 g/mol.